The van der Waals surface area contributed by atoms with Gasteiger partial charge in [0.15, 0.2) is 0 Å². The molecule has 1 radical (unpaired) electrons. The van der Waals surface area contributed by atoms with Crippen LogP contribution in [0.25, 0.3) is 0 Å². The Kier molecular flexibility index (Phi) is 11.0. The molecule has 1 aromatic carbocycles. The van der Waals surface area contributed by atoms with E-state index in [0.29, 0.717) is 0 Å². The first-order valence-corrected chi connectivity index (χ1v) is 18.4. The first-order valence-electron chi connectivity index (χ1n) is 10.9. The molecule has 1 aromatic rings. The SMILES string of the molecule is CCC[CH2][Sn]([CH2]CCC)([CH2]CCC)[c]1ccc([CH]C(=O)OC(C)(C)C)cc1. The molecular weight excluding hydrogens is 439 g/mol. The number of hydrogen-bond acceptors (Lipinski definition) is 2. The van der Waals surface area contributed by atoms with Crippen molar-refractivity contribution in [2.75, 3.05) is 0 Å². The number of esters is 1. The van der Waals surface area contributed by atoms with Crippen LogP contribution in [0.1, 0.15) is 85.6 Å². The fourth-order valence-corrected chi connectivity index (χ4v) is 19.7. The van der Waals surface area contributed by atoms with Crippen molar-refractivity contribution in [3.8, 4) is 0 Å². The Morgan fingerprint density at radius 2 is 1.33 bits per heavy atom. The van der Waals surface area contributed by atoms with E-state index in [2.05, 4.69) is 45.0 Å². The van der Waals surface area contributed by atoms with Gasteiger partial charge in [-0.15, -0.1) is 0 Å². The molecule has 0 fully saturated rings. The maximum atomic E-state index is 12.1. The molecule has 0 heterocycles. The van der Waals surface area contributed by atoms with Crippen molar-refractivity contribution >= 4 is 27.9 Å². The predicted molar refractivity (Wildman–Crippen MR) is 120 cm³/mol. The normalized spacial score (nSPS) is 12.2. The Morgan fingerprint density at radius 3 is 1.70 bits per heavy atom. The van der Waals surface area contributed by atoms with Crippen LogP contribution in [0, 0.1) is 6.42 Å². The fourth-order valence-electron chi connectivity index (χ4n) is 3.75. The third kappa shape index (κ3) is 9.02. The van der Waals surface area contributed by atoms with E-state index in [9.17, 15) is 4.79 Å². The average molecular weight is 480 g/mol. The van der Waals surface area contributed by atoms with Crippen molar-refractivity contribution in [1.82, 2.24) is 0 Å². The van der Waals surface area contributed by atoms with E-state index < -0.39 is 24.0 Å². The first kappa shape index (κ1) is 24.5. The van der Waals surface area contributed by atoms with Crippen molar-refractivity contribution in [1.29, 1.82) is 0 Å². The topological polar surface area (TPSA) is 26.3 Å². The summed E-state index contributed by atoms with van der Waals surface area (Å²) in [6.45, 7) is 12.7. The molecule has 0 amide bonds. The summed E-state index contributed by atoms with van der Waals surface area (Å²) in [5.41, 5.74) is 0.509. The van der Waals surface area contributed by atoms with Crippen molar-refractivity contribution in [3.63, 3.8) is 0 Å². The van der Waals surface area contributed by atoms with Gasteiger partial charge in [-0.25, -0.2) is 0 Å². The van der Waals surface area contributed by atoms with Gasteiger partial charge in [-0.3, -0.25) is 0 Å². The fraction of sp³-hybridized carbons (Fsp3) is 0.667. The maximum absolute atomic E-state index is 12.1. The Balaban J connectivity index is 2.98. The van der Waals surface area contributed by atoms with Crippen LogP contribution in [0.5, 0.6) is 0 Å². The van der Waals surface area contributed by atoms with Crippen LogP contribution in [-0.2, 0) is 9.53 Å². The summed E-state index contributed by atoms with van der Waals surface area (Å²) in [5, 5.41) is 0. The quantitative estimate of drug-likeness (QED) is 0.248. The van der Waals surface area contributed by atoms with Gasteiger partial charge in [0.2, 0.25) is 0 Å². The van der Waals surface area contributed by atoms with Crippen molar-refractivity contribution in [2.45, 2.75) is 99.0 Å². The van der Waals surface area contributed by atoms with Crippen LogP contribution in [0.15, 0.2) is 24.3 Å². The zero-order valence-electron chi connectivity index (χ0n) is 18.6. The molecule has 0 aliphatic carbocycles. The second-order valence-electron chi connectivity index (χ2n) is 8.89. The number of rotatable bonds is 12. The standard InChI is InChI=1S/C12H14O2.3C4H9.Sn/c1-12(2,3)14-11(13)9-10-7-5-4-6-8-10;3*1-3-4-2;/h5-9H,1-3H3;3*1,3-4H2,2H3;. The number of hydrogen-bond donors (Lipinski definition) is 0. The van der Waals surface area contributed by atoms with Gasteiger partial charge in [-0.05, 0) is 0 Å². The van der Waals surface area contributed by atoms with E-state index in [4.69, 9.17) is 4.74 Å². The van der Waals surface area contributed by atoms with Gasteiger partial charge in [0.1, 0.15) is 0 Å². The van der Waals surface area contributed by atoms with E-state index in [1.807, 2.05) is 20.8 Å². The summed E-state index contributed by atoms with van der Waals surface area (Å²) in [7, 11) is 0. The van der Waals surface area contributed by atoms with Gasteiger partial charge in [-0.1, -0.05) is 0 Å². The minimum atomic E-state index is -2.36. The van der Waals surface area contributed by atoms with E-state index >= 15 is 0 Å². The summed E-state index contributed by atoms with van der Waals surface area (Å²) in [4.78, 5) is 12.1. The van der Waals surface area contributed by atoms with Gasteiger partial charge in [0.25, 0.3) is 0 Å². The van der Waals surface area contributed by atoms with Crippen molar-refractivity contribution in [2.24, 2.45) is 0 Å². The number of unbranched alkanes of at least 4 members (excludes halogenated alkanes) is 3. The molecule has 0 atom stereocenters. The molecule has 0 spiro atoms. The molecule has 0 bridgehead atoms. The molecule has 27 heavy (non-hydrogen) atoms. The van der Waals surface area contributed by atoms with Gasteiger partial charge in [-0.2, -0.15) is 0 Å². The Labute approximate surface area is 172 Å². The van der Waals surface area contributed by atoms with Gasteiger partial charge in [0.05, 0.1) is 0 Å². The molecule has 0 saturated heterocycles. The van der Waals surface area contributed by atoms with E-state index in [-0.39, 0.29) is 5.97 Å². The summed E-state index contributed by atoms with van der Waals surface area (Å²) < 4.78 is 11.5. The van der Waals surface area contributed by atoms with Crippen LogP contribution >= 0.6 is 0 Å². The molecule has 3 heteroatoms. The van der Waals surface area contributed by atoms with Gasteiger partial charge in [0, 0.05) is 0 Å². The van der Waals surface area contributed by atoms with Crippen molar-refractivity contribution in [3.05, 3.63) is 36.2 Å². The monoisotopic (exact) mass is 481 g/mol. The molecule has 0 unspecified atom stereocenters. The minimum absolute atomic E-state index is 0.257. The van der Waals surface area contributed by atoms with Gasteiger partial charge < -0.3 is 0 Å². The van der Waals surface area contributed by atoms with Crippen LogP contribution in [0.4, 0.5) is 0 Å². The first-order chi connectivity index (χ1) is 12.8. The molecule has 0 aliphatic heterocycles. The number of ether oxygens (including phenoxy) is 1. The zero-order chi connectivity index (χ0) is 20.3. The number of carbonyl (C=O) groups excluding carboxylic acids is 1. The predicted octanol–water partition coefficient (Wildman–Crippen LogP) is 6.64. The second kappa shape index (κ2) is 12.1. The third-order valence-corrected chi connectivity index (χ3v) is 20.9. The van der Waals surface area contributed by atoms with Crippen LogP contribution in [0.2, 0.25) is 13.3 Å². The summed E-state index contributed by atoms with van der Waals surface area (Å²) in [6.07, 6.45) is 9.61. The number of benzene rings is 1. The Morgan fingerprint density at radius 1 is 0.889 bits per heavy atom. The number of carbonyl (C=O) groups is 1. The third-order valence-electron chi connectivity index (χ3n) is 5.24. The van der Waals surface area contributed by atoms with E-state index in [0.717, 1.165) is 5.56 Å². The van der Waals surface area contributed by atoms with Crippen LogP contribution in [-0.4, -0.2) is 29.9 Å². The summed E-state index contributed by atoms with van der Waals surface area (Å²) in [6, 6.07) is 8.95. The summed E-state index contributed by atoms with van der Waals surface area (Å²) in [5.74, 6) is -0.257. The molecule has 0 aliphatic rings. The second-order valence-corrected chi connectivity index (χ2v) is 22.1. The average Bonchev–Trinajstić information content (AvgIpc) is 2.60. The Bertz CT molecular complexity index is 521. The van der Waals surface area contributed by atoms with Crippen LogP contribution < -0.4 is 3.58 Å². The van der Waals surface area contributed by atoms with Crippen molar-refractivity contribution < 1.29 is 9.53 Å². The van der Waals surface area contributed by atoms with E-state index in [1.165, 1.54) is 51.8 Å². The Hall–Kier alpha value is -0.511. The van der Waals surface area contributed by atoms with E-state index in [1.54, 1.807) is 10.0 Å². The molecule has 0 aromatic heterocycles. The van der Waals surface area contributed by atoms with Crippen LogP contribution in [0.3, 0.4) is 0 Å². The molecule has 0 N–H and O–H groups in total. The molecule has 2 nitrogen and oxygen atoms in total. The molecule has 0 saturated carbocycles. The zero-order valence-corrected chi connectivity index (χ0v) is 21.4. The molecule has 1 rings (SSSR count). The molecular formula is C24H41O2Sn. The molecule has 153 valence electrons. The summed E-state index contributed by atoms with van der Waals surface area (Å²) >= 11 is -2.36. The van der Waals surface area contributed by atoms with Gasteiger partial charge >= 0.3 is 173 Å².